The normalized spacial score (nSPS) is 25.1. The summed E-state index contributed by atoms with van der Waals surface area (Å²) >= 11 is 0. The summed E-state index contributed by atoms with van der Waals surface area (Å²) < 4.78 is 68.9. The standard InChI is InChI=1S/C14H20F3NO5S/c1-13(2,3)22-12(19)18-7-9-4-10(8-18)6-11(5-9)23-24(20,21)14(15,16)17/h5,9-10H,4,6-8H2,1-3H3. The molecule has 2 aliphatic rings. The molecule has 2 atom stereocenters. The molecule has 1 amide bonds. The summed E-state index contributed by atoms with van der Waals surface area (Å²) in [6, 6.07) is 0. The van der Waals surface area contributed by atoms with E-state index < -0.39 is 27.3 Å². The Balaban J connectivity index is 2.06. The lowest BCUT2D eigenvalue weighted by atomic mass is 9.82. The molecule has 2 bridgehead atoms. The number of fused-ring (bicyclic) bond motifs is 2. The zero-order valence-electron chi connectivity index (χ0n) is 13.6. The molecule has 10 heteroatoms. The maximum absolute atomic E-state index is 12.4. The summed E-state index contributed by atoms with van der Waals surface area (Å²) in [5, 5.41) is 0. The van der Waals surface area contributed by atoms with Crippen LogP contribution in [0.1, 0.15) is 33.6 Å². The number of carbonyl (C=O) groups excluding carboxylic acids is 1. The van der Waals surface area contributed by atoms with Gasteiger partial charge in [-0.2, -0.15) is 21.6 Å². The van der Waals surface area contributed by atoms with E-state index in [1.165, 1.54) is 11.0 Å². The van der Waals surface area contributed by atoms with Crippen LogP contribution in [-0.4, -0.2) is 43.6 Å². The Morgan fingerprint density at radius 2 is 1.88 bits per heavy atom. The van der Waals surface area contributed by atoms with Gasteiger partial charge in [-0.3, -0.25) is 0 Å². The van der Waals surface area contributed by atoms with Gasteiger partial charge in [0.1, 0.15) is 11.4 Å². The topological polar surface area (TPSA) is 72.9 Å². The molecular formula is C14H20F3NO5S. The first-order valence-corrected chi connectivity index (χ1v) is 8.87. The molecule has 1 saturated heterocycles. The molecule has 0 spiro atoms. The molecule has 138 valence electrons. The Bertz CT molecular complexity index is 636. The summed E-state index contributed by atoms with van der Waals surface area (Å²) in [7, 11) is -5.66. The quantitative estimate of drug-likeness (QED) is 0.551. The summed E-state index contributed by atoms with van der Waals surface area (Å²) in [5.41, 5.74) is -6.10. The molecular weight excluding hydrogens is 351 g/mol. The first kappa shape index (κ1) is 18.9. The fourth-order valence-electron chi connectivity index (χ4n) is 2.86. The molecule has 0 N–H and O–H groups in total. The number of allylic oxidation sites excluding steroid dienone is 1. The van der Waals surface area contributed by atoms with E-state index in [1.807, 2.05) is 0 Å². The van der Waals surface area contributed by atoms with E-state index in [2.05, 4.69) is 4.18 Å². The van der Waals surface area contributed by atoms with Crippen molar-refractivity contribution >= 4 is 16.2 Å². The van der Waals surface area contributed by atoms with Crippen LogP contribution in [0.5, 0.6) is 0 Å². The fraction of sp³-hybridized carbons (Fsp3) is 0.786. The Morgan fingerprint density at radius 1 is 1.25 bits per heavy atom. The number of carbonyl (C=O) groups is 1. The van der Waals surface area contributed by atoms with Crippen molar-refractivity contribution in [2.24, 2.45) is 11.8 Å². The molecule has 1 aliphatic heterocycles. The van der Waals surface area contributed by atoms with Gasteiger partial charge in [0, 0.05) is 19.5 Å². The highest BCUT2D eigenvalue weighted by atomic mass is 32.2. The Labute approximate surface area is 138 Å². The number of nitrogens with zero attached hydrogens (tertiary/aromatic N) is 1. The molecule has 1 heterocycles. The minimum atomic E-state index is -5.66. The van der Waals surface area contributed by atoms with Gasteiger partial charge in [-0.15, -0.1) is 0 Å². The zero-order valence-corrected chi connectivity index (χ0v) is 14.4. The van der Waals surface area contributed by atoms with E-state index in [4.69, 9.17) is 4.74 Å². The summed E-state index contributed by atoms with van der Waals surface area (Å²) in [5.74, 6) is -0.638. The maximum Gasteiger partial charge on any atom is 0.534 e. The van der Waals surface area contributed by atoms with Gasteiger partial charge >= 0.3 is 21.7 Å². The van der Waals surface area contributed by atoms with Crippen molar-refractivity contribution in [1.82, 2.24) is 4.90 Å². The Morgan fingerprint density at radius 3 is 2.38 bits per heavy atom. The fourth-order valence-corrected chi connectivity index (χ4v) is 3.36. The van der Waals surface area contributed by atoms with Gasteiger partial charge in [0.05, 0.1) is 0 Å². The number of halogens is 3. The molecule has 0 aromatic heterocycles. The SMILES string of the molecule is CC(C)(C)OC(=O)N1CC2C=C(OS(=O)(=O)C(F)(F)F)CC(C2)C1. The van der Waals surface area contributed by atoms with Crippen LogP contribution in [0.4, 0.5) is 18.0 Å². The van der Waals surface area contributed by atoms with Gasteiger partial charge in [-0.05, 0) is 45.1 Å². The van der Waals surface area contributed by atoms with E-state index >= 15 is 0 Å². The van der Waals surface area contributed by atoms with Crippen LogP contribution in [-0.2, 0) is 19.0 Å². The molecule has 6 nitrogen and oxygen atoms in total. The molecule has 0 aromatic rings. The van der Waals surface area contributed by atoms with Crippen molar-refractivity contribution in [3.63, 3.8) is 0 Å². The van der Waals surface area contributed by atoms with Gasteiger partial charge in [0.2, 0.25) is 0 Å². The summed E-state index contributed by atoms with van der Waals surface area (Å²) in [6.07, 6.45) is 1.57. The second kappa shape index (κ2) is 6.12. The molecule has 2 rings (SSSR count). The first-order chi connectivity index (χ1) is 10.8. The van der Waals surface area contributed by atoms with Gasteiger partial charge in [-0.1, -0.05) is 0 Å². The highest BCUT2D eigenvalue weighted by Crippen LogP contribution is 2.37. The van der Waals surface area contributed by atoms with Gasteiger partial charge in [-0.25, -0.2) is 4.79 Å². The zero-order chi connectivity index (χ0) is 18.3. The average Bonchev–Trinajstić information content (AvgIpc) is 2.33. The van der Waals surface area contributed by atoms with E-state index in [1.54, 1.807) is 20.8 Å². The number of rotatable bonds is 2. The van der Waals surface area contributed by atoms with Crippen LogP contribution in [0.15, 0.2) is 11.8 Å². The summed E-state index contributed by atoms with van der Waals surface area (Å²) in [4.78, 5) is 13.6. The lowest BCUT2D eigenvalue weighted by Crippen LogP contribution is -2.47. The third-order valence-corrected chi connectivity index (χ3v) is 4.63. The molecule has 2 unspecified atom stereocenters. The third-order valence-electron chi connectivity index (χ3n) is 3.63. The van der Waals surface area contributed by atoms with Gasteiger partial charge < -0.3 is 13.8 Å². The van der Waals surface area contributed by atoms with Crippen LogP contribution in [0.2, 0.25) is 0 Å². The first-order valence-electron chi connectivity index (χ1n) is 7.46. The number of amides is 1. The van der Waals surface area contributed by atoms with E-state index in [0.717, 1.165) is 0 Å². The van der Waals surface area contributed by atoms with E-state index in [9.17, 15) is 26.4 Å². The van der Waals surface area contributed by atoms with Crippen LogP contribution in [0.3, 0.4) is 0 Å². The highest BCUT2D eigenvalue weighted by molar-refractivity contribution is 7.87. The number of ether oxygens (including phenoxy) is 1. The minimum absolute atomic E-state index is 0.0328. The van der Waals surface area contributed by atoms with Gasteiger partial charge in [0.15, 0.2) is 0 Å². The Hall–Kier alpha value is -1.45. The second-order valence-corrected chi connectivity index (χ2v) is 8.61. The monoisotopic (exact) mass is 371 g/mol. The number of alkyl halides is 3. The number of hydrogen-bond acceptors (Lipinski definition) is 5. The number of piperidine rings is 1. The molecule has 1 fully saturated rings. The smallest absolute Gasteiger partial charge is 0.444 e. The highest BCUT2D eigenvalue weighted by Gasteiger charge is 2.49. The van der Waals surface area contributed by atoms with Crippen LogP contribution >= 0.6 is 0 Å². The van der Waals surface area contributed by atoms with Crippen LogP contribution in [0, 0.1) is 11.8 Å². The third kappa shape index (κ3) is 4.55. The van der Waals surface area contributed by atoms with Crippen LogP contribution in [0.25, 0.3) is 0 Å². The van der Waals surface area contributed by atoms with Crippen molar-refractivity contribution in [3.05, 3.63) is 11.8 Å². The Kier molecular flexibility index (Phi) is 4.82. The van der Waals surface area contributed by atoms with E-state index in [-0.39, 0.29) is 37.1 Å². The van der Waals surface area contributed by atoms with Gasteiger partial charge in [0.25, 0.3) is 0 Å². The van der Waals surface area contributed by atoms with Crippen molar-refractivity contribution in [2.45, 2.75) is 44.7 Å². The van der Waals surface area contributed by atoms with Crippen LogP contribution < -0.4 is 0 Å². The maximum atomic E-state index is 12.4. The van der Waals surface area contributed by atoms with Crippen molar-refractivity contribution in [3.8, 4) is 0 Å². The van der Waals surface area contributed by atoms with Crippen molar-refractivity contribution < 1.29 is 35.3 Å². The predicted molar refractivity (Wildman–Crippen MR) is 78.2 cm³/mol. The number of likely N-dealkylation sites (tertiary alicyclic amines) is 1. The molecule has 0 aromatic carbocycles. The molecule has 0 radical (unpaired) electrons. The minimum Gasteiger partial charge on any atom is -0.444 e. The van der Waals surface area contributed by atoms with E-state index in [0.29, 0.717) is 6.42 Å². The number of hydrogen-bond donors (Lipinski definition) is 0. The van der Waals surface area contributed by atoms with Crippen molar-refractivity contribution in [1.29, 1.82) is 0 Å². The largest absolute Gasteiger partial charge is 0.534 e. The predicted octanol–water partition coefficient (Wildman–Crippen LogP) is 3.01. The average molecular weight is 371 g/mol. The second-order valence-electron chi connectivity index (χ2n) is 7.07. The van der Waals surface area contributed by atoms with Crippen molar-refractivity contribution in [2.75, 3.05) is 13.1 Å². The lowest BCUT2D eigenvalue weighted by molar-refractivity contribution is -0.0527. The lowest BCUT2D eigenvalue weighted by Gasteiger charge is -2.40. The molecule has 0 saturated carbocycles. The summed E-state index contributed by atoms with van der Waals surface area (Å²) in [6.45, 7) is 5.76. The molecule has 24 heavy (non-hydrogen) atoms. The molecule has 1 aliphatic carbocycles.